The predicted octanol–water partition coefficient (Wildman–Crippen LogP) is 1.18. The standard InChI is InChI=1S/C19H23N3O4/c1-13-14(17(24)19(26-3)18(25-2)16(13)23)12-21-8-10-22(11-9-21)15-6-4-5-7-20-15/h4-7H,8-12H2,1-3H3. The number of hydrogen-bond donors (Lipinski definition) is 0. The first-order valence-electron chi connectivity index (χ1n) is 8.56. The largest absolute Gasteiger partial charge is 0.489 e. The normalized spacial score (nSPS) is 19.3. The number of methoxy groups -OCH3 is 2. The fourth-order valence-corrected chi connectivity index (χ4v) is 3.28. The van der Waals surface area contributed by atoms with Crippen molar-refractivity contribution in [2.75, 3.05) is 51.8 Å². The molecule has 0 saturated carbocycles. The number of nitrogens with zero attached hydrogens (tertiary/aromatic N) is 3. The van der Waals surface area contributed by atoms with Crippen LogP contribution in [0.25, 0.3) is 0 Å². The second-order valence-corrected chi connectivity index (χ2v) is 6.28. The molecule has 0 atom stereocenters. The monoisotopic (exact) mass is 357 g/mol. The molecule has 0 radical (unpaired) electrons. The van der Waals surface area contributed by atoms with Crippen LogP contribution in [0.2, 0.25) is 0 Å². The molecule has 7 heteroatoms. The molecular formula is C19H23N3O4. The van der Waals surface area contributed by atoms with E-state index >= 15 is 0 Å². The molecule has 138 valence electrons. The maximum absolute atomic E-state index is 12.7. The minimum absolute atomic E-state index is 0.00905. The number of pyridine rings is 1. The molecular weight excluding hydrogens is 334 g/mol. The van der Waals surface area contributed by atoms with Gasteiger partial charge in [-0.25, -0.2) is 4.98 Å². The topological polar surface area (TPSA) is 72.0 Å². The Balaban J connectivity index is 1.69. The van der Waals surface area contributed by atoms with Crippen molar-refractivity contribution in [1.29, 1.82) is 0 Å². The smallest absolute Gasteiger partial charge is 0.229 e. The maximum atomic E-state index is 12.7. The Morgan fingerprint density at radius 1 is 1.00 bits per heavy atom. The number of carbonyl (C=O) groups excluding carboxylic acids is 2. The highest BCUT2D eigenvalue weighted by Gasteiger charge is 2.35. The van der Waals surface area contributed by atoms with Gasteiger partial charge in [0.05, 0.1) is 14.2 Å². The summed E-state index contributed by atoms with van der Waals surface area (Å²) in [6, 6.07) is 5.87. The van der Waals surface area contributed by atoms with Crippen LogP contribution in [-0.4, -0.2) is 68.4 Å². The second-order valence-electron chi connectivity index (χ2n) is 6.28. The van der Waals surface area contributed by atoms with Gasteiger partial charge in [0.1, 0.15) is 5.82 Å². The molecule has 1 aromatic rings. The third-order valence-electron chi connectivity index (χ3n) is 4.82. The molecule has 2 aliphatic rings. The average molecular weight is 357 g/mol. The van der Waals surface area contributed by atoms with Crippen LogP contribution in [0.4, 0.5) is 5.82 Å². The molecule has 1 aliphatic heterocycles. The summed E-state index contributed by atoms with van der Waals surface area (Å²) in [6.07, 6.45) is 1.79. The van der Waals surface area contributed by atoms with Crippen molar-refractivity contribution in [1.82, 2.24) is 9.88 Å². The van der Waals surface area contributed by atoms with Crippen LogP contribution in [-0.2, 0) is 19.1 Å². The Morgan fingerprint density at radius 2 is 1.65 bits per heavy atom. The molecule has 2 heterocycles. The molecule has 0 spiro atoms. The van der Waals surface area contributed by atoms with Gasteiger partial charge in [-0.15, -0.1) is 0 Å². The van der Waals surface area contributed by atoms with Gasteiger partial charge in [0, 0.05) is 50.1 Å². The van der Waals surface area contributed by atoms with Gasteiger partial charge >= 0.3 is 0 Å². The summed E-state index contributed by atoms with van der Waals surface area (Å²) in [4.78, 5) is 33.9. The summed E-state index contributed by atoms with van der Waals surface area (Å²) in [5, 5.41) is 0. The number of carbonyl (C=O) groups is 2. The first-order valence-corrected chi connectivity index (χ1v) is 8.56. The lowest BCUT2D eigenvalue weighted by Gasteiger charge is -2.36. The van der Waals surface area contributed by atoms with Gasteiger partial charge in [-0.05, 0) is 19.1 Å². The molecule has 3 rings (SSSR count). The van der Waals surface area contributed by atoms with Crippen LogP contribution in [0.15, 0.2) is 47.1 Å². The zero-order valence-electron chi connectivity index (χ0n) is 15.3. The summed E-state index contributed by atoms with van der Waals surface area (Å²) >= 11 is 0. The fourth-order valence-electron chi connectivity index (χ4n) is 3.28. The van der Waals surface area contributed by atoms with Crippen molar-refractivity contribution in [3.8, 4) is 0 Å². The van der Waals surface area contributed by atoms with E-state index < -0.39 is 0 Å². The van der Waals surface area contributed by atoms with E-state index in [1.54, 1.807) is 13.1 Å². The highest BCUT2D eigenvalue weighted by molar-refractivity contribution is 6.23. The zero-order chi connectivity index (χ0) is 18.7. The first kappa shape index (κ1) is 18.1. The fraction of sp³-hybridized carbons (Fsp3) is 0.421. The molecule has 0 N–H and O–H groups in total. The Morgan fingerprint density at radius 3 is 2.23 bits per heavy atom. The minimum atomic E-state index is -0.286. The third-order valence-corrected chi connectivity index (χ3v) is 4.82. The Hall–Kier alpha value is -2.67. The Labute approximate surface area is 152 Å². The summed E-state index contributed by atoms with van der Waals surface area (Å²) in [7, 11) is 2.75. The van der Waals surface area contributed by atoms with E-state index in [0.717, 1.165) is 32.0 Å². The number of anilines is 1. The highest BCUT2D eigenvalue weighted by atomic mass is 16.5. The molecule has 7 nitrogen and oxygen atoms in total. The summed E-state index contributed by atoms with van der Waals surface area (Å²) in [6.45, 7) is 5.32. The van der Waals surface area contributed by atoms with Crippen LogP contribution in [0.1, 0.15) is 6.92 Å². The Bertz CT molecular complexity index is 762. The van der Waals surface area contributed by atoms with E-state index in [1.165, 1.54) is 14.2 Å². The van der Waals surface area contributed by atoms with Crippen LogP contribution >= 0.6 is 0 Å². The highest BCUT2D eigenvalue weighted by Crippen LogP contribution is 2.26. The van der Waals surface area contributed by atoms with Gasteiger partial charge in [-0.2, -0.15) is 0 Å². The van der Waals surface area contributed by atoms with E-state index in [-0.39, 0.29) is 23.1 Å². The lowest BCUT2D eigenvalue weighted by atomic mass is 9.92. The Kier molecular flexibility index (Phi) is 5.37. The van der Waals surface area contributed by atoms with Gasteiger partial charge < -0.3 is 14.4 Å². The van der Waals surface area contributed by atoms with Crippen LogP contribution in [0.5, 0.6) is 0 Å². The average Bonchev–Trinajstić information content (AvgIpc) is 2.69. The summed E-state index contributed by atoms with van der Waals surface area (Å²) in [5.74, 6) is 0.379. The lowest BCUT2D eigenvalue weighted by Crippen LogP contribution is -2.48. The number of Topliss-reactive ketones (excluding diaryl/α,β-unsaturated/α-hetero) is 2. The van der Waals surface area contributed by atoms with Crippen molar-refractivity contribution in [3.63, 3.8) is 0 Å². The van der Waals surface area contributed by atoms with Crippen molar-refractivity contribution in [2.24, 2.45) is 0 Å². The minimum Gasteiger partial charge on any atom is -0.489 e. The van der Waals surface area contributed by atoms with Crippen molar-refractivity contribution in [3.05, 3.63) is 47.1 Å². The number of ketones is 2. The van der Waals surface area contributed by atoms with Crippen LogP contribution in [0.3, 0.4) is 0 Å². The number of aromatic nitrogens is 1. The molecule has 0 amide bonds. The zero-order valence-corrected chi connectivity index (χ0v) is 15.3. The second kappa shape index (κ2) is 7.70. The molecule has 26 heavy (non-hydrogen) atoms. The SMILES string of the molecule is COC1=C(OC)C(=O)C(CN2CCN(c3ccccn3)CC2)=C(C)C1=O. The van der Waals surface area contributed by atoms with Crippen molar-refractivity contribution >= 4 is 17.4 Å². The van der Waals surface area contributed by atoms with Gasteiger partial charge in [0.25, 0.3) is 0 Å². The van der Waals surface area contributed by atoms with Crippen LogP contribution in [0, 0.1) is 0 Å². The molecule has 1 fully saturated rings. The summed E-state index contributed by atoms with van der Waals surface area (Å²) in [5.41, 5.74) is 0.916. The first-order chi connectivity index (χ1) is 12.6. The number of hydrogen-bond acceptors (Lipinski definition) is 7. The molecule has 1 saturated heterocycles. The molecule has 0 aromatic carbocycles. The van der Waals surface area contributed by atoms with Crippen molar-refractivity contribution in [2.45, 2.75) is 6.92 Å². The van der Waals surface area contributed by atoms with E-state index in [2.05, 4.69) is 14.8 Å². The third kappa shape index (κ3) is 3.35. The maximum Gasteiger partial charge on any atom is 0.229 e. The van der Waals surface area contributed by atoms with E-state index in [1.807, 2.05) is 18.2 Å². The van der Waals surface area contributed by atoms with Gasteiger partial charge in [-0.1, -0.05) is 6.07 Å². The van der Waals surface area contributed by atoms with Crippen molar-refractivity contribution < 1.29 is 19.1 Å². The van der Waals surface area contributed by atoms with E-state index in [0.29, 0.717) is 17.7 Å². The quantitative estimate of drug-likeness (QED) is 0.733. The molecule has 1 aromatic heterocycles. The molecule has 1 aliphatic carbocycles. The number of piperazine rings is 1. The molecule has 0 unspecified atom stereocenters. The number of ether oxygens (including phenoxy) is 2. The van der Waals surface area contributed by atoms with Gasteiger partial charge in [-0.3, -0.25) is 14.5 Å². The molecule has 0 bridgehead atoms. The van der Waals surface area contributed by atoms with E-state index in [4.69, 9.17) is 9.47 Å². The van der Waals surface area contributed by atoms with Crippen LogP contribution < -0.4 is 4.90 Å². The number of allylic oxidation sites excluding steroid dienone is 2. The lowest BCUT2D eigenvalue weighted by molar-refractivity contribution is -0.121. The predicted molar refractivity (Wildman–Crippen MR) is 96.6 cm³/mol. The summed E-state index contributed by atoms with van der Waals surface area (Å²) < 4.78 is 10.2. The van der Waals surface area contributed by atoms with Gasteiger partial charge in [0.2, 0.25) is 23.1 Å². The van der Waals surface area contributed by atoms with Gasteiger partial charge in [0.15, 0.2) is 0 Å². The van der Waals surface area contributed by atoms with E-state index in [9.17, 15) is 9.59 Å². The number of rotatable bonds is 5.